The molecule has 6 heteroatoms. The molecule has 0 aromatic carbocycles. The van der Waals surface area contributed by atoms with E-state index in [0.717, 1.165) is 6.42 Å². The van der Waals surface area contributed by atoms with Crippen LogP contribution in [0.3, 0.4) is 0 Å². The van der Waals surface area contributed by atoms with Crippen molar-refractivity contribution in [3.63, 3.8) is 0 Å². The van der Waals surface area contributed by atoms with Gasteiger partial charge in [0, 0.05) is 32.1 Å². The van der Waals surface area contributed by atoms with Crippen molar-refractivity contribution in [2.24, 2.45) is 11.8 Å². The Bertz CT molecular complexity index is 333. The number of urea groups is 1. The number of hydrogen-bond acceptors (Lipinski definition) is 3. The number of carboxylic acids is 1. The number of aliphatic carboxylic acids is 1. The highest BCUT2D eigenvalue weighted by Gasteiger charge is 2.31. The third-order valence-corrected chi connectivity index (χ3v) is 3.75. The molecule has 0 aromatic rings. The van der Waals surface area contributed by atoms with E-state index in [0.29, 0.717) is 19.6 Å². The van der Waals surface area contributed by atoms with Crippen LogP contribution in [-0.4, -0.2) is 64.3 Å². The number of aliphatic hydroxyl groups excluding tert-OH is 1. The number of hydrogen-bond donors (Lipinski definition) is 2. The van der Waals surface area contributed by atoms with E-state index in [1.165, 1.54) is 0 Å². The summed E-state index contributed by atoms with van der Waals surface area (Å²) < 4.78 is 0. The Kier molecular flexibility index (Phi) is 5.60. The number of carboxylic acid groups (broad SMARTS) is 1. The molecule has 0 radical (unpaired) electrons. The van der Waals surface area contributed by atoms with Crippen LogP contribution < -0.4 is 0 Å². The second kappa shape index (κ2) is 6.75. The molecular formula is C13H24N2O4. The van der Waals surface area contributed by atoms with Crippen molar-refractivity contribution in [2.75, 3.05) is 26.2 Å². The first-order valence-corrected chi connectivity index (χ1v) is 6.81. The van der Waals surface area contributed by atoms with Crippen LogP contribution in [0.15, 0.2) is 0 Å². The molecule has 1 aliphatic rings. The standard InChI is InChI=1S/C13H24N2O4/c1-4-14(7-9(2)12(17)18)13(19)15-6-5-11(8-15)10(3)16/h9-11,16H,4-8H2,1-3H3,(H,17,18). The molecule has 110 valence electrons. The zero-order chi connectivity index (χ0) is 14.6. The van der Waals surface area contributed by atoms with Gasteiger partial charge in [0.2, 0.25) is 0 Å². The second-order valence-electron chi connectivity index (χ2n) is 5.30. The number of amides is 2. The van der Waals surface area contributed by atoms with E-state index in [1.54, 1.807) is 23.6 Å². The summed E-state index contributed by atoms with van der Waals surface area (Å²) >= 11 is 0. The van der Waals surface area contributed by atoms with Crippen LogP contribution >= 0.6 is 0 Å². The van der Waals surface area contributed by atoms with Crippen molar-refractivity contribution in [1.29, 1.82) is 0 Å². The van der Waals surface area contributed by atoms with Gasteiger partial charge in [0.25, 0.3) is 0 Å². The van der Waals surface area contributed by atoms with Gasteiger partial charge >= 0.3 is 12.0 Å². The highest BCUT2D eigenvalue weighted by Crippen LogP contribution is 2.21. The lowest BCUT2D eigenvalue weighted by Gasteiger charge is -2.28. The molecule has 2 N–H and O–H groups in total. The molecular weight excluding hydrogens is 248 g/mol. The summed E-state index contributed by atoms with van der Waals surface area (Å²) in [5.41, 5.74) is 0. The molecule has 2 amide bonds. The number of aliphatic hydroxyl groups is 1. The summed E-state index contributed by atoms with van der Waals surface area (Å²) in [7, 11) is 0. The predicted octanol–water partition coefficient (Wildman–Crippen LogP) is 0.852. The smallest absolute Gasteiger partial charge is 0.320 e. The lowest BCUT2D eigenvalue weighted by atomic mass is 10.0. The summed E-state index contributed by atoms with van der Waals surface area (Å²) in [5.74, 6) is -1.34. The van der Waals surface area contributed by atoms with E-state index in [1.807, 2.05) is 6.92 Å². The average molecular weight is 272 g/mol. The first kappa shape index (κ1) is 15.8. The van der Waals surface area contributed by atoms with Crippen LogP contribution in [-0.2, 0) is 4.79 Å². The van der Waals surface area contributed by atoms with Crippen LogP contribution in [0.25, 0.3) is 0 Å². The number of likely N-dealkylation sites (tertiary alicyclic amines) is 1. The van der Waals surface area contributed by atoms with E-state index in [2.05, 4.69) is 0 Å². The van der Waals surface area contributed by atoms with Crippen LogP contribution in [0.2, 0.25) is 0 Å². The van der Waals surface area contributed by atoms with Gasteiger partial charge in [0.1, 0.15) is 0 Å². The molecule has 1 aliphatic heterocycles. The highest BCUT2D eigenvalue weighted by atomic mass is 16.4. The molecule has 1 fully saturated rings. The van der Waals surface area contributed by atoms with Crippen LogP contribution in [0.4, 0.5) is 4.79 Å². The molecule has 0 aromatic heterocycles. The Labute approximate surface area is 114 Å². The summed E-state index contributed by atoms with van der Waals surface area (Å²) in [4.78, 5) is 26.4. The van der Waals surface area contributed by atoms with Gasteiger partial charge in [-0.2, -0.15) is 0 Å². The molecule has 19 heavy (non-hydrogen) atoms. The Morgan fingerprint density at radius 3 is 2.47 bits per heavy atom. The number of rotatable bonds is 5. The third kappa shape index (κ3) is 4.09. The topological polar surface area (TPSA) is 81.1 Å². The lowest BCUT2D eigenvalue weighted by molar-refractivity contribution is -0.141. The maximum atomic E-state index is 12.3. The Morgan fingerprint density at radius 2 is 2.05 bits per heavy atom. The average Bonchev–Trinajstić information content (AvgIpc) is 2.84. The van der Waals surface area contributed by atoms with Gasteiger partial charge < -0.3 is 20.0 Å². The maximum Gasteiger partial charge on any atom is 0.320 e. The fraction of sp³-hybridized carbons (Fsp3) is 0.846. The minimum absolute atomic E-state index is 0.125. The predicted molar refractivity (Wildman–Crippen MR) is 70.8 cm³/mol. The van der Waals surface area contributed by atoms with E-state index < -0.39 is 18.0 Å². The van der Waals surface area contributed by atoms with Gasteiger partial charge in [-0.25, -0.2) is 4.79 Å². The number of nitrogens with zero attached hydrogens (tertiary/aromatic N) is 2. The largest absolute Gasteiger partial charge is 0.481 e. The van der Waals surface area contributed by atoms with E-state index >= 15 is 0 Å². The molecule has 1 saturated heterocycles. The van der Waals surface area contributed by atoms with Crippen molar-refractivity contribution in [3.8, 4) is 0 Å². The summed E-state index contributed by atoms with van der Waals surface area (Å²) in [6, 6.07) is -0.126. The van der Waals surface area contributed by atoms with Gasteiger partial charge in [-0.1, -0.05) is 6.92 Å². The summed E-state index contributed by atoms with van der Waals surface area (Å²) in [5, 5.41) is 18.4. The molecule has 6 nitrogen and oxygen atoms in total. The van der Waals surface area contributed by atoms with Gasteiger partial charge in [0.05, 0.1) is 12.0 Å². The van der Waals surface area contributed by atoms with Crippen molar-refractivity contribution in [2.45, 2.75) is 33.3 Å². The first-order chi connectivity index (χ1) is 8.86. The quantitative estimate of drug-likeness (QED) is 0.777. The molecule has 3 unspecified atom stereocenters. The molecule has 3 atom stereocenters. The molecule has 0 spiro atoms. The monoisotopic (exact) mass is 272 g/mol. The van der Waals surface area contributed by atoms with E-state index in [4.69, 9.17) is 5.11 Å². The van der Waals surface area contributed by atoms with Gasteiger partial charge in [-0.15, -0.1) is 0 Å². The van der Waals surface area contributed by atoms with Crippen molar-refractivity contribution in [3.05, 3.63) is 0 Å². The van der Waals surface area contributed by atoms with Crippen LogP contribution in [0, 0.1) is 11.8 Å². The lowest BCUT2D eigenvalue weighted by Crippen LogP contribution is -2.45. The summed E-state index contributed by atoms with van der Waals surface area (Å²) in [6.45, 7) is 7.08. The minimum Gasteiger partial charge on any atom is -0.481 e. The van der Waals surface area contributed by atoms with Crippen LogP contribution in [0.1, 0.15) is 27.2 Å². The second-order valence-corrected chi connectivity index (χ2v) is 5.30. The van der Waals surface area contributed by atoms with Crippen LogP contribution in [0.5, 0.6) is 0 Å². The van der Waals surface area contributed by atoms with Crippen molar-refractivity contribution < 1.29 is 19.8 Å². The highest BCUT2D eigenvalue weighted by molar-refractivity contribution is 5.76. The molecule has 0 bridgehead atoms. The zero-order valence-electron chi connectivity index (χ0n) is 11.9. The Balaban J connectivity index is 2.57. The van der Waals surface area contributed by atoms with Gasteiger partial charge in [-0.3, -0.25) is 4.79 Å². The zero-order valence-corrected chi connectivity index (χ0v) is 11.9. The van der Waals surface area contributed by atoms with E-state index in [-0.39, 0.29) is 18.5 Å². The third-order valence-electron chi connectivity index (χ3n) is 3.75. The Morgan fingerprint density at radius 1 is 1.42 bits per heavy atom. The first-order valence-electron chi connectivity index (χ1n) is 6.81. The normalized spacial score (nSPS) is 22.1. The molecule has 1 rings (SSSR count). The number of carbonyl (C=O) groups is 2. The SMILES string of the molecule is CCN(CC(C)C(=O)O)C(=O)N1CCC(C(C)O)C1. The van der Waals surface area contributed by atoms with Crippen molar-refractivity contribution in [1.82, 2.24) is 9.80 Å². The fourth-order valence-electron chi connectivity index (χ4n) is 2.31. The van der Waals surface area contributed by atoms with Gasteiger partial charge in [0.15, 0.2) is 0 Å². The molecule has 1 heterocycles. The van der Waals surface area contributed by atoms with Crippen molar-refractivity contribution >= 4 is 12.0 Å². The van der Waals surface area contributed by atoms with Gasteiger partial charge in [-0.05, 0) is 20.3 Å². The minimum atomic E-state index is -0.894. The molecule has 0 aliphatic carbocycles. The van der Waals surface area contributed by atoms with E-state index in [9.17, 15) is 14.7 Å². The molecule has 0 saturated carbocycles. The fourth-order valence-corrected chi connectivity index (χ4v) is 2.31. The maximum absolute atomic E-state index is 12.3. The Hall–Kier alpha value is -1.30. The summed E-state index contributed by atoms with van der Waals surface area (Å²) in [6.07, 6.45) is 0.390. The number of carbonyl (C=O) groups excluding carboxylic acids is 1.